The maximum absolute atomic E-state index is 12.6. The lowest BCUT2D eigenvalue weighted by molar-refractivity contribution is -0.135. The second kappa shape index (κ2) is 7.90. The van der Waals surface area contributed by atoms with Crippen LogP contribution in [0.25, 0.3) is 0 Å². The molecule has 24 heavy (non-hydrogen) atoms. The molecular formula is C17H23N3O3S. The molecule has 0 unspecified atom stereocenters. The number of nitrogens with zero attached hydrogens (tertiary/aromatic N) is 2. The minimum atomic E-state index is -0.380. The van der Waals surface area contributed by atoms with E-state index in [4.69, 9.17) is 4.74 Å². The van der Waals surface area contributed by atoms with Gasteiger partial charge >= 0.3 is 0 Å². The van der Waals surface area contributed by atoms with Gasteiger partial charge in [-0.2, -0.15) is 0 Å². The normalized spacial score (nSPS) is 21.0. The average Bonchev–Trinajstić information content (AvgIpc) is 3.12. The van der Waals surface area contributed by atoms with Gasteiger partial charge in [0.2, 0.25) is 11.8 Å². The van der Waals surface area contributed by atoms with Crippen molar-refractivity contribution in [3.63, 3.8) is 0 Å². The van der Waals surface area contributed by atoms with Crippen LogP contribution in [-0.2, 0) is 14.3 Å². The summed E-state index contributed by atoms with van der Waals surface area (Å²) in [6.07, 6.45) is 0.427. The summed E-state index contributed by atoms with van der Waals surface area (Å²) in [5, 5.41) is 2.97. The van der Waals surface area contributed by atoms with Crippen LogP contribution in [0.15, 0.2) is 24.3 Å². The number of nitrogens with one attached hydrogen (secondary N) is 1. The van der Waals surface area contributed by atoms with Gasteiger partial charge in [0.15, 0.2) is 0 Å². The SMILES string of the molecule is CCC(=O)N1CSC[C@H]1C(=O)Nc1cccc(N2CCOCC2)c1. The number of hydrogen-bond acceptors (Lipinski definition) is 5. The van der Waals surface area contributed by atoms with Gasteiger partial charge in [-0.3, -0.25) is 9.59 Å². The van der Waals surface area contributed by atoms with E-state index in [1.165, 1.54) is 0 Å². The lowest BCUT2D eigenvalue weighted by Gasteiger charge is -2.29. The number of benzene rings is 1. The third-order valence-corrected chi connectivity index (χ3v) is 5.31. The van der Waals surface area contributed by atoms with Crippen LogP contribution in [-0.4, -0.2) is 60.7 Å². The van der Waals surface area contributed by atoms with E-state index in [1.807, 2.05) is 31.2 Å². The summed E-state index contributed by atoms with van der Waals surface area (Å²) in [5.41, 5.74) is 1.85. The molecule has 1 aromatic rings. The molecule has 2 amide bonds. The van der Waals surface area contributed by atoms with Crippen LogP contribution in [0.5, 0.6) is 0 Å². The van der Waals surface area contributed by atoms with Crippen LogP contribution < -0.4 is 10.2 Å². The molecule has 1 aromatic carbocycles. The molecule has 2 heterocycles. The molecule has 6 nitrogen and oxygen atoms in total. The fraction of sp³-hybridized carbons (Fsp3) is 0.529. The van der Waals surface area contributed by atoms with E-state index < -0.39 is 0 Å². The Morgan fingerprint density at radius 2 is 2.12 bits per heavy atom. The highest BCUT2D eigenvalue weighted by Gasteiger charge is 2.33. The molecule has 0 radical (unpaired) electrons. The molecule has 3 rings (SSSR count). The number of hydrogen-bond donors (Lipinski definition) is 1. The summed E-state index contributed by atoms with van der Waals surface area (Å²) in [6, 6.07) is 7.47. The molecule has 0 saturated carbocycles. The summed E-state index contributed by atoms with van der Waals surface area (Å²) >= 11 is 1.62. The number of carbonyl (C=O) groups excluding carboxylic acids is 2. The number of carbonyl (C=O) groups is 2. The highest BCUT2D eigenvalue weighted by Crippen LogP contribution is 2.24. The molecular weight excluding hydrogens is 326 g/mol. The molecule has 2 fully saturated rings. The smallest absolute Gasteiger partial charge is 0.248 e. The van der Waals surface area contributed by atoms with Gasteiger partial charge in [-0.05, 0) is 18.2 Å². The van der Waals surface area contributed by atoms with E-state index in [1.54, 1.807) is 16.7 Å². The highest BCUT2D eigenvalue weighted by molar-refractivity contribution is 7.99. The van der Waals surface area contributed by atoms with Crippen molar-refractivity contribution in [3.05, 3.63) is 24.3 Å². The minimum absolute atomic E-state index is 0.0298. The number of ether oxygens (including phenoxy) is 1. The lowest BCUT2D eigenvalue weighted by atomic mass is 10.2. The first-order valence-corrected chi connectivity index (χ1v) is 9.45. The van der Waals surface area contributed by atoms with Crippen molar-refractivity contribution in [2.45, 2.75) is 19.4 Å². The standard InChI is InChI=1S/C17H23N3O3S/c1-2-16(21)20-12-24-11-15(20)17(22)18-13-4-3-5-14(10-13)19-6-8-23-9-7-19/h3-5,10,15H,2,6-9,11-12H2,1H3,(H,18,22)/t15-/m0/s1. The Balaban J connectivity index is 1.67. The summed E-state index contributed by atoms with van der Waals surface area (Å²) in [5.74, 6) is 1.17. The topological polar surface area (TPSA) is 61.9 Å². The van der Waals surface area contributed by atoms with Crippen molar-refractivity contribution in [2.24, 2.45) is 0 Å². The number of amides is 2. The Hall–Kier alpha value is -1.73. The zero-order valence-corrected chi connectivity index (χ0v) is 14.7. The van der Waals surface area contributed by atoms with Gasteiger partial charge in [0.25, 0.3) is 0 Å². The predicted octanol–water partition coefficient (Wildman–Crippen LogP) is 1.77. The summed E-state index contributed by atoms with van der Waals surface area (Å²) in [7, 11) is 0. The Morgan fingerprint density at radius 1 is 1.33 bits per heavy atom. The van der Waals surface area contributed by atoms with Gasteiger partial charge in [0, 0.05) is 36.6 Å². The maximum Gasteiger partial charge on any atom is 0.248 e. The Kier molecular flexibility index (Phi) is 5.63. The second-order valence-electron chi connectivity index (χ2n) is 5.87. The van der Waals surface area contributed by atoms with Gasteiger partial charge in [0.1, 0.15) is 6.04 Å². The molecule has 0 aromatic heterocycles. The first kappa shape index (κ1) is 17.1. The van der Waals surface area contributed by atoms with Gasteiger partial charge < -0.3 is 19.9 Å². The Bertz CT molecular complexity index is 604. The number of rotatable bonds is 4. The van der Waals surface area contributed by atoms with Gasteiger partial charge in [-0.15, -0.1) is 11.8 Å². The lowest BCUT2D eigenvalue weighted by Crippen LogP contribution is -2.44. The quantitative estimate of drug-likeness (QED) is 0.898. The first-order chi connectivity index (χ1) is 11.7. The number of thioether (sulfide) groups is 1. The van der Waals surface area contributed by atoms with Crippen LogP contribution in [0.1, 0.15) is 13.3 Å². The molecule has 7 heteroatoms. The maximum atomic E-state index is 12.6. The van der Waals surface area contributed by atoms with Crippen molar-refractivity contribution in [1.82, 2.24) is 4.90 Å². The molecule has 0 bridgehead atoms. The van der Waals surface area contributed by atoms with Crippen LogP contribution in [0, 0.1) is 0 Å². The average molecular weight is 349 g/mol. The summed E-state index contributed by atoms with van der Waals surface area (Å²) in [4.78, 5) is 28.5. The van der Waals surface area contributed by atoms with Gasteiger partial charge in [0.05, 0.1) is 19.1 Å². The van der Waals surface area contributed by atoms with Crippen molar-refractivity contribution in [2.75, 3.05) is 48.1 Å². The van der Waals surface area contributed by atoms with Crippen molar-refractivity contribution >= 4 is 35.0 Å². The number of anilines is 2. The summed E-state index contributed by atoms with van der Waals surface area (Å²) in [6.45, 7) is 4.99. The van der Waals surface area contributed by atoms with E-state index in [0.29, 0.717) is 18.1 Å². The van der Waals surface area contributed by atoms with Crippen molar-refractivity contribution in [3.8, 4) is 0 Å². The fourth-order valence-corrected chi connectivity index (χ4v) is 4.12. The largest absolute Gasteiger partial charge is 0.378 e. The second-order valence-corrected chi connectivity index (χ2v) is 6.87. The predicted molar refractivity (Wildman–Crippen MR) is 96.4 cm³/mol. The minimum Gasteiger partial charge on any atom is -0.378 e. The van der Waals surface area contributed by atoms with E-state index in [9.17, 15) is 9.59 Å². The van der Waals surface area contributed by atoms with Gasteiger partial charge in [-0.25, -0.2) is 0 Å². The van der Waals surface area contributed by atoms with Crippen molar-refractivity contribution < 1.29 is 14.3 Å². The van der Waals surface area contributed by atoms with E-state index in [2.05, 4.69) is 10.2 Å². The first-order valence-electron chi connectivity index (χ1n) is 8.30. The zero-order chi connectivity index (χ0) is 16.9. The van der Waals surface area contributed by atoms with Crippen LogP contribution in [0.2, 0.25) is 0 Å². The molecule has 2 aliphatic rings. The number of morpholine rings is 1. The van der Waals surface area contributed by atoms with E-state index >= 15 is 0 Å². The molecule has 130 valence electrons. The Labute approximate surface area is 146 Å². The van der Waals surface area contributed by atoms with Gasteiger partial charge in [-0.1, -0.05) is 13.0 Å². The summed E-state index contributed by atoms with van der Waals surface area (Å²) < 4.78 is 5.38. The molecule has 2 saturated heterocycles. The highest BCUT2D eigenvalue weighted by atomic mass is 32.2. The monoisotopic (exact) mass is 349 g/mol. The fourth-order valence-electron chi connectivity index (χ4n) is 2.94. The van der Waals surface area contributed by atoms with Crippen molar-refractivity contribution in [1.29, 1.82) is 0 Å². The molecule has 1 atom stereocenters. The zero-order valence-electron chi connectivity index (χ0n) is 13.9. The van der Waals surface area contributed by atoms with E-state index in [0.717, 1.165) is 37.7 Å². The molecule has 0 spiro atoms. The third-order valence-electron chi connectivity index (χ3n) is 4.30. The molecule has 2 aliphatic heterocycles. The van der Waals surface area contributed by atoms with Crippen LogP contribution in [0.4, 0.5) is 11.4 Å². The molecule has 0 aliphatic carbocycles. The van der Waals surface area contributed by atoms with E-state index in [-0.39, 0.29) is 17.9 Å². The van der Waals surface area contributed by atoms with Crippen LogP contribution >= 0.6 is 11.8 Å². The van der Waals surface area contributed by atoms with Crippen LogP contribution in [0.3, 0.4) is 0 Å². The molecule has 1 N–H and O–H groups in total. The third kappa shape index (κ3) is 3.84. The Morgan fingerprint density at radius 3 is 2.88 bits per heavy atom.